The van der Waals surface area contributed by atoms with Crippen LogP contribution >= 0.6 is 0 Å². The molecule has 0 saturated carbocycles. The highest BCUT2D eigenvalue weighted by atomic mass is 16.1. The van der Waals surface area contributed by atoms with Crippen molar-refractivity contribution in [2.45, 2.75) is 27.2 Å². The summed E-state index contributed by atoms with van der Waals surface area (Å²) in [6.07, 6.45) is 0.414. The fourth-order valence-corrected chi connectivity index (χ4v) is 1.34. The molecular formula is C10H11NO. The van der Waals surface area contributed by atoms with E-state index < -0.39 is 0 Å². The molecule has 0 fully saturated rings. The number of allylic oxidation sites excluding steroid dienone is 4. The Kier molecular flexibility index (Phi) is 2.14. The number of carbonyl (C=O) groups excluding carboxylic acids is 1. The van der Waals surface area contributed by atoms with Crippen molar-refractivity contribution < 1.29 is 4.79 Å². The van der Waals surface area contributed by atoms with Gasteiger partial charge in [0.2, 0.25) is 0 Å². The predicted molar refractivity (Wildman–Crippen MR) is 46.3 cm³/mol. The molecule has 62 valence electrons. The first-order valence-electron chi connectivity index (χ1n) is 3.88. The SMILES string of the molecule is CC1=C(C)/C(=C(\C)C#N)CC1=O. The lowest BCUT2D eigenvalue weighted by Crippen LogP contribution is -1.91. The van der Waals surface area contributed by atoms with Gasteiger partial charge in [-0.25, -0.2) is 0 Å². The highest BCUT2D eigenvalue weighted by molar-refractivity contribution is 6.02. The first-order valence-corrected chi connectivity index (χ1v) is 3.88. The fourth-order valence-electron chi connectivity index (χ4n) is 1.34. The van der Waals surface area contributed by atoms with Crippen LogP contribution in [0.5, 0.6) is 0 Å². The summed E-state index contributed by atoms with van der Waals surface area (Å²) in [7, 11) is 0. The summed E-state index contributed by atoms with van der Waals surface area (Å²) in [5, 5.41) is 8.64. The minimum absolute atomic E-state index is 0.150. The molecule has 0 atom stereocenters. The Balaban J connectivity index is 3.21. The molecule has 0 heterocycles. The number of ketones is 1. The molecule has 0 bridgehead atoms. The van der Waals surface area contributed by atoms with Crippen LogP contribution in [0.4, 0.5) is 0 Å². The Morgan fingerprint density at radius 2 is 2.00 bits per heavy atom. The molecule has 0 aromatic heterocycles. The molecule has 0 aliphatic heterocycles. The van der Waals surface area contributed by atoms with E-state index in [2.05, 4.69) is 6.07 Å². The molecule has 0 radical (unpaired) electrons. The van der Waals surface area contributed by atoms with Gasteiger partial charge < -0.3 is 0 Å². The molecule has 0 aromatic carbocycles. The smallest absolute Gasteiger partial charge is 0.163 e. The van der Waals surface area contributed by atoms with Gasteiger partial charge in [0.25, 0.3) is 0 Å². The molecule has 0 unspecified atom stereocenters. The number of carbonyl (C=O) groups is 1. The minimum atomic E-state index is 0.150. The van der Waals surface area contributed by atoms with E-state index in [1.165, 1.54) is 0 Å². The Morgan fingerprint density at radius 1 is 1.42 bits per heavy atom. The first-order chi connectivity index (χ1) is 5.57. The van der Waals surface area contributed by atoms with Crippen LogP contribution in [0.15, 0.2) is 22.3 Å². The van der Waals surface area contributed by atoms with Gasteiger partial charge in [-0.1, -0.05) is 0 Å². The maximum atomic E-state index is 11.2. The van der Waals surface area contributed by atoms with E-state index in [0.717, 1.165) is 16.7 Å². The average Bonchev–Trinajstić information content (AvgIpc) is 2.32. The third-order valence-electron chi connectivity index (χ3n) is 2.39. The normalized spacial score (nSPS) is 21.3. The second-order valence-corrected chi connectivity index (χ2v) is 3.07. The molecule has 12 heavy (non-hydrogen) atoms. The lowest BCUT2D eigenvalue weighted by molar-refractivity contribution is -0.114. The lowest BCUT2D eigenvalue weighted by Gasteiger charge is -1.97. The fraction of sp³-hybridized carbons (Fsp3) is 0.400. The van der Waals surface area contributed by atoms with E-state index in [-0.39, 0.29) is 5.78 Å². The van der Waals surface area contributed by atoms with E-state index >= 15 is 0 Å². The monoisotopic (exact) mass is 161 g/mol. The van der Waals surface area contributed by atoms with Crippen molar-refractivity contribution in [2.75, 3.05) is 0 Å². The van der Waals surface area contributed by atoms with Gasteiger partial charge in [-0.15, -0.1) is 0 Å². The van der Waals surface area contributed by atoms with Gasteiger partial charge in [0.15, 0.2) is 5.78 Å². The van der Waals surface area contributed by atoms with Gasteiger partial charge in [-0.3, -0.25) is 4.79 Å². The van der Waals surface area contributed by atoms with Crippen molar-refractivity contribution in [2.24, 2.45) is 0 Å². The van der Waals surface area contributed by atoms with Crippen LogP contribution in [0, 0.1) is 11.3 Å². The number of nitriles is 1. The van der Waals surface area contributed by atoms with Gasteiger partial charge >= 0.3 is 0 Å². The molecule has 0 spiro atoms. The summed E-state index contributed by atoms with van der Waals surface area (Å²) in [6.45, 7) is 5.47. The summed E-state index contributed by atoms with van der Waals surface area (Å²) < 4.78 is 0. The van der Waals surface area contributed by atoms with Crippen LogP contribution in [0.25, 0.3) is 0 Å². The molecule has 1 aliphatic rings. The largest absolute Gasteiger partial charge is 0.294 e. The second kappa shape index (κ2) is 2.94. The highest BCUT2D eigenvalue weighted by Gasteiger charge is 2.22. The topological polar surface area (TPSA) is 40.9 Å². The van der Waals surface area contributed by atoms with Crippen LogP contribution in [0.3, 0.4) is 0 Å². The van der Waals surface area contributed by atoms with E-state index in [1.807, 2.05) is 13.8 Å². The van der Waals surface area contributed by atoms with Crippen LogP contribution in [0.2, 0.25) is 0 Å². The standard InChI is InChI=1S/C10H11NO/c1-6(5-11)9-4-10(12)8(3)7(9)2/h4H2,1-3H3/b9-6+. The van der Waals surface area contributed by atoms with Crippen LogP contribution < -0.4 is 0 Å². The highest BCUT2D eigenvalue weighted by Crippen LogP contribution is 2.29. The minimum Gasteiger partial charge on any atom is -0.294 e. The van der Waals surface area contributed by atoms with E-state index in [9.17, 15) is 4.79 Å². The van der Waals surface area contributed by atoms with Crippen molar-refractivity contribution in [3.05, 3.63) is 22.3 Å². The Bertz CT molecular complexity index is 339. The third-order valence-corrected chi connectivity index (χ3v) is 2.39. The Morgan fingerprint density at radius 3 is 2.33 bits per heavy atom. The molecule has 0 N–H and O–H groups in total. The van der Waals surface area contributed by atoms with Crippen molar-refractivity contribution in [1.82, 2.24) is 0 Å². The van der Waals surface area contributed by atoms with E-state index in [0.29, 0.717) is 12.0 Å². The van der Waals surface area contributed by atoms with Gasteiger partial charge in [0.05, 0.1) is 6.07 Å². The van der Waals surface area contributed by atoms with Crippen molar-refractivity contribution in [3.63, 3.8) is 0 Å². The van der Waals surface area contributed by atoms with Gasteiger partial charge in [-0.05, 0) is 37.5 Å². The Labute approximate surface area is 72.2 Å². The van der Waals surface area contributed by atoms with Crippen LogP contribution in [-0.4, -0.2) is 5.78 Å². The summed E-state index contributed by atoms with van der Waals surface area (Å²) in [5.74, 6) is 0.150. The third kappa shape index (κ3) is 1.18. The number of hydrogen-bond donors (Lipinski definition) is 0. The summed E-state index contributed by atoms with van der Waals surface area (Å²) in [5.41, 5.74) is 3.37. The molecule has 0 amide bonds. The van der Waals surface area contributed by atoms with E-state index in [1.54, 1.807) is 6.92 Å². The summed E-state index contributed by atoms with van der Waals surface area (Å²) in [4.78, 5) is 11.2. The van der Waals surface area contributed by atoms with Crippen LogP contribution in [-0.2, 0) is 4.79 Å². The zero-order chi connectivity index (χ0) is 9.30. The van der Waals surface area contributed by atoms with E-state index in [4.69, 9.17) is 5.26 Å². The molecule has 2 nitrogen and oxygen atoms in total. The maximum absolute atomic E-state index is 11.2. The maximum Gasteiger partial charge on any atom is 0.163 e. The molecule has 0 aromatic rings. The average molecular weight is 161 g/mol. The van der Waals surface area contributed by atoms with Gasteiger partial charge in [-0.2, -0.15) is 5.26 Å². The zero-order valence-corrected chi connectivity index (χ0v) is 7.56. The van der Waals surface area contributed by atoms with Gasteiger partial charge in [0, 0.05) is 12.0 Å². The molecular weight excluding hydrogens is 150 g/mol. The zero-order valence-electron chi connectivity index (χ0n) is 7.56. The second-order valence-electron chi connectivity index (χ2n) is 3.07. The van der Waals surface area contributed by atoms with Crippen molar-refractivity contribution >= 4 is 5.78 Å². The van der Waals surface area contributed by atoms with Crippen molar-refractivity contribution in [3.8, 4) is 6.07 Å². The Hall–Kier alpha value is -1.36. The summed E-state index contributed by atoms with van der Waals surface area (Å²) in [6, 6.07) is 2.07. The number of Topliss-reactive ketones (excluding diaryl/α,β-unsaturated/α-hetero) is 1. The molecule has 0 saturated heterocycles. The van der Waals surface area contributed by atoms with Crippen molar-refractivity contribution in [1.29, 1.82) is 5.26 Å². The molecule has 1 rings (SSSR count). The number of nitrogens with zero attached hydrogens (tertiary/aromatic N) is 1. The summed E-state index contributed by atoms with van der Waals surface area (Å²) >= 11 is 0. The first kappa shape index (κ1) is 8.73. The van der Waals surface area contributed by atoms with Crippen LogP contribution in [0.1, 0.15) is 27.2 Å². The lowest BCUT2D eigenvalue weighted by atomic mass is 10.0. The number of hydrogen-bond acceptors (Lipinski definition) is 2. The molecule has 1 aliphatic carbocycles. The molecule has 2 heteroatoms. The number of rotatable bonds is 0. The quantitative estimate of drug-likeness (QED) is 0.511. The predicted octanol–water partition coefficient (Wildman–Crippen LogP) is 2.14. The van der Waals surface area contributed by atoms with Gasteiger partial charge in [0.1, 0.15) is 0 Å².